The third kappa shape index (κ3) is 7.39. The molecule has 0 radical (unpaired) electrons. The van der Waals surface area contributed by atoms with Gasteiger partial charge in [-0.3, -0.25) is 4.79 Å². The topological polar surface area (TPSA) is 26.3 Å². The Morgan fingerprint density at radius 1 is 1.04 bits per heavy atom. The minimum Gasteiger partial charge on any atom is -0.460 e. The SMILES string of the molecule is CC.CC(C)c1cc(Cl)cc(C(C)C)c1CC(=O)OC(C)(C)C. The van der Waals surface area contributed by atoms with Crippen molar-refractivity contribution in [3.8, 4) is 0 Å². The van der Waals surface area contributed by atoms with Crippen molar-refractivity contribution in [2.45, 2.75) is 86.2 Å². The first-order valence-electron chi connectivity index (χ1n) is 8.55. The summed E-state index contributed by atoms with van der Waals surface area (Å²) >= 11 is 6.24. The predicted molar refractivity (Wildman–Crippen MR) is 101 cm³/mol. The highest BCUT2D eigenvalue weighted by atomic mass is 35.5. The molecule has 0 bridgehead atoms. The Balaban J connectivity index is 0.00000232. The molecule has 1 aromatic carbocycles. The third-order valence-electron chi connectivity index (χ3n) is 3.27. The first kappa shape index (κ1) is 22.0. The minimum absolute atomic E-state index is 0.186. The number of hydrogen-bond donors (Lipinski definition) is 0. The van der Waals surface area contributed by atoms with E-state index in [9.17, 15) is 4.79 Å². The fourth-order valence-electron chi connectivity index (χ4n) is 2.44. The van der Waals surface area contributed by atoms with Gasteiger partial charge < -0.3 is 4.74 Å². The van der Waals surface area contributed by atoms with Gasteiger partial charge in [0.15, 0.2) is 0 Å². The summed E-state index contributed by atoms with van der Waals surface area (Å²) < 4.78 is 5.47. The molecular weight excluding hydrogens is 308 g/mol. The van der Waals surface area contributed by atoms with E-state index in [1.54, 1.807) is 0 Å². The van der Waals surface area contributed by atoms with Crippen LogP contribution in [0.4, 0.5) is 0 Å². The number of halogens is 1. The van der Waals surface area contributed by atoms with Gasteiger partial charge in [-0.2, -0.15) is 0 Å². The summed E-state index contributed by atoms with van der Waals surface area (Å²) in [5.74, 6) is 0.450. The van der Waals surface area contributed by atoms with Gasteiger partial charge in [0.25, 0.3) is 0 Å². The first-order valence-corrected chi connectivity index (χ1v) is 8.93. The Morgan fingerprint density at radius 3 is 1.74 bits per heavy atom. The lowest BCUT2D eigenvalue weighted by molar-refractivity contribution is -0.153. The smallest absolute Gasteiger partial charge is 0.310 e. The fourth-order valence-corrected chi connectivity index (χ4v) is 2.67. The van der Waals surface area contributed by atoms with Gasteiger partial charge in [0.1, 0.15) is 5.60 Å². The van der Waals surface area contributed by atoms with Gasteiger partial charge in [-0.1, -0.05) is 53.1 Å². The van der Waals surface area contributed by atoms with E-state index in [4.69, 9.17) is 16.3 Å². The van der Waals surface area contributed by atoms with Gasteiger partial charge >= 0.3 is 5.97 Å². The fraction of sp³-hybridized carbons (Fsp3) is 0.650. The van der Waals surface area contributed by atoms with Gasteiger partial charge in [-0.25, -0.2) is 0 Å². The average Bonchev–Trinajstić information content (AvgIpc) is 2.39. The Morgan fingerprint density at radius 2 is 1.43 bits per heavy atom. The van der Waals surface area contributed by atoms with E-state index in [0.29, 0.717) is 18.3 Å². The zero-order valence-electron chi connectivity index (χ0n) is 16.2. The molecule has 0 aliphatic carbocycles. The molecular formula is C20H33ClO2. The summed E-state index contributed by atoms with van der Waals surface area (Å²) in [6.07, 6.45) is 0.301. The van der Waals surface area contributed by atoms with Crippen LogP contribution in [0.5, 0.6) is 0 Å². The number of hydrogen-bond acceptors (Lipinski definition) is 2. The molecule has 132 valence electrons. The standard InChI is InChI=1S/C18H27ClO2.C2H6/c1-11(2)14-8-13(19)9-15(12(3)4)16(14)10-17(20)21-18(5,6)7;1-2/h8-9,11-12H,10H2,1-7H3;1-2H3. The molecule has 0 atom stereocenters. The highest BCUT2D eigenvalue weighted by Crippen LogP contribution is 2.32. The molecule has 0 heterocycles. The van der Waals surface area contributed by atoms with Crippen molar-refractivity contribution in [2.24, 2.45) is 0 Å². The highest BCUT2D eigenvalue weighted by Gasteiger charge is 2.21. The molecule has 3 heteroatoms. The van der Waals surface area contributed by atoms with Crippen LogP contribution in [0.1, 0.15) is 90.8 Å². The summed E-state index contributed by atoms with van der Waals surface area (Å²) in [4.78, 5) is 12.2. The maximum absolute atomic E-state index is 12.2. The van der Waals surface area contributed by atoms with Crippen LogP contribution in [-0.4, -0.2) is 11.6 Å². The van der Waals surface area contributed by atoms with E-state index in [1.807, 2.05) is 46.8 Å². The van der Waals surface area contributed by atoms with Gasteiger partial charge in [0, 0.05) is 5.02 Å². The number of carbonyl (C=O) groups is 1. The second kappa shape index (κ2) is 9.32. The highest BCUT2D eigenvalue weighted by molar-refractivity contribution is 6.30. The molecule has 2 nitrogen and oxygen atoms in total. The summed E-state index contributed by atoms with van der Waals surface area (Å²) in [5.41, 5.74) is 2.88. The van der Waals surface area contributed by atoms with Crippen LogP contribution in [0.2, 0.25) is 5.02 Å². The van der Waals surface area contributed by atoms with E-state index in [0.717, 1.165) is 21.7 Å². The monoisotopic (exact) mass is 340 g/mol. The first-order chi connectivity index (χ1) is 10.5. The molecule has 0 aliphatic rings. The van der Waals surface area contributed by atoms with Crippen molar-refractivity contribution in [1.82, 2.24) is 0 Å². The second-order valence-corrected chi connectivity index (χ2v) is 7.57. The Kier molecular flexibility index (Phi) is 8.90. The number of rotatable bonds is 4. The lowest BCUT2D eigenvalue weighted by Crippen LogP contribution is -2.25. The molecule has 0 fully saturated rings. The molecule has 23 heavy (non-hydrogen) atoms. The van der Waals surface area contributed by atoms with E-state index < -0.39 is 5.60 Å². The largest absolute Gasteiger partial charge is 0.460 e. The third-order valence-corrected chi connectivity index (χ3v) is 3.49. The number of ether oxygens (including phenoxy) is 1. The minimum atomic E-state index is -0.459. The molecule has 0 spiro atoms. The van der Waals surface area contributed by atoms with E-state index >= 15 is 0 Å². The molecule has 0 aromatic heterocycles. The van der Waals surface area contributed by atoms with Crippen LogP contribution in [0.25, 0.3) is 0 Å². The second-order valence-electron chi connectivity index (χ2n) is 7.14. The zero-order chi connectivity index (χ0) is 18.4. The van der Waals surface area contributed by atoms with Crippen molar-refractivity contribution in [2.75, 3.05) is 0 Å². The van der Waals surface area contributed by atoms with Crippen LogP contribution in [0.3, 0.4) is 0 Å². The molecule has 0 N–H and O–H groups in total. The zero-order valence-corrected chi connectivity index (χ0v) is 17.0. The lowest BCUT2D eigenvalue weighted by atomic mass is 9.87. The van der Waals surface area contributed by atoms with Crippen LogP contribution >= 0.6 is 11.6 Å². The molecule has 0 amide bonds. The summed E-state index contributed by atoms with van der Waals surface area (Å²) in [6.45, 7) is 18.1. The van der Waals surface area contributed by atoms with E-state index in [1.165, 1.54) is 0 Å². The van der Waals surface area contributed by atoms with Gasteiger partial charge in [0.2, 0.25) is 0 Å². The molecule has 0 aliphatic heterocycles. The van der Waals surface area contributed by atoms with Crippen LogP contribution in [0, 0.1) is 0 Å². The quantitative estimate of drug-likeness (QED) is 0.585. The van der Waals surface area contributed by atoms with E-state index in [2.05, 4.69) is 27.7 Å². The molecule has 0 unspecified atom stereocenters. The predicted octanol–water partition coefficient (Wildman–Crippen LogP) is 6.50. The Labute approximate surface area is 147 Å². The number of esters is 1. The normalized spacial score (nSPS) is 11.3. The summed E-state index contributed by atoms with van der Waals surface area (Å²) in [7, 11) is 0. The van der Waals surface area contributed by atoms with Crippen molar-refractivity contribution in [3.63, 3.8) is 0 Å². The van der Waals surface area contributed by atoms with E-state index in [-0.39, 0.29) is 5.97 Å². The molecule has 0 saturated carbocycles. The Bertz CT molecular complexity index is 482. The molecule has 0 saturated heterocycles. The lowest BCUT2D eigenvalue weighted by Gasteiger charge is -2.23. The van der Waals surface area contributed by atoms with Gasteiger partial charge in [-0.15, -0.1) is 0 Å². The van der Waals surface area contributed by atoms with Crippen LogP contribution in [-0.2, 0) is 16.0 Å². The Hall–Kier alpha value is -1.02. The van der Waals surface area contributed by atoms with Crippen molar-refractivity contribution in [1.29, 1.82) is 0 Å². The van der Waals surface area contributed by atoms with Gasteiger partial charge in [0.05, 0.1) is 6.42 Å². The van der Waals surface area contributed by atoms with Crippen molar-refractivity contribution in [3.05, 3.63) is 33.8 Å². The maximum Gasteiger partial charge on any atom is 0.310 e. The molecule has 1 aromatic rings. The summed E-state index contributed by atoms with van der Waals surface area (Å²) in [6, 6.07) is 3.94. The van der Waals surface area contributed by atoms with Gasteiger partial charge in [-0.05, 0) is 61.4 Å². The van der Waals surface area contributed by atoms with Crippen LogP contribution in [0.15, 0.2) is 12.1 Å². The van der Waals surface area contributed by atoms with Crippen LogP contribution < -0.4 is 0 Å². The molecule has 1 rings (SSSR count). The van der Waals surface area contributed by atoms with Crippen molar-refractivity contribution < 1.29 is 9.53 Å². The number of benzene rings is 1. The summed E-state index contributed by atoms with van der Waals surface area (Å²) in [5, 5.41) is 0.732. The maximum atomic E-state index is 12.2. The van der Waals surface area contributed by atoms with Crippen molar-refractivity contribution >= 4 is 17.6 Å². The number of carbonyl (C=O) groups excluding carboxylic acids is 1. The average molecular weight is 341 g/mol.